The fourth-order valence-electron chi connectivity index (χ4n) is 3.19. The number of urea groups is 1. The van der Waals surface area contributed by atoms with Gasteiger partial charge in [-0.1, -0.05) is 55.3 Å². The van der Waals surface area contributed by atoms with Crippen LogP contribution in [0.3, 0.4) is 0 Å². The molecule has 3 rings (SSSR count). The highest BCUT2D eigenvalue weighted by Gasteiger charge is 2.44. The summed E-state index contributed by atoms with van der Waals surface area (Å²) in [5.41, 5.74) is 1.31. The number of esters is 1. The number of para-hydroxylation sites is 2. The maximum absolute atomic E-state index is 13.3. The van der Waals surface area contributed by atoms with Gasteiger partial charge in [-0.3, -0.25) is 4.90 Å². The Balaban J connectivity index is 1.88. The van der Waals surface area contributed by atoms with Crippen molar-refractivity contribution >= 4 is 41.1 Å². The minimum absolute atomic E-state index is 0.342. The highest BCUT2D eigenvalue weighted by Crippen LogP contribution is 2.44. The van der Waals surface area contributed by atoms with E-state index in [0.717, 1.165) is 18.4 Å². The van der Waals surface area contributed by atoms with Gasteiger partial charge in [0.25, 0.3) is 0 Å². The summed E-state index contributed by atoms with van der Waals surface area (Å²) in [6.07, 6.45) is 1.71. The third kappa shape index (κ3) is 5.02. The number of benzene rings is 2. The monoisotopic (exact) mass is 448 g/mol. The predicted octanol–water partition coefficient (Wildman–Crippen LogP) is 5.34. The summed E-state index contributed by atoms with van der Waals surface area (Å²) < 4.78 is 10.8. The van der Waals surface area contributed by atoms with Crippen LogP contribution >= 0.6 is 23.4 Å². The van der Waals surface area contributed by atoms with Crippen LogP contribution in [0, 0.1) is 0 Å². The Hall–Kier alpha value is -2.38. The molecule has 0 bridgehead atoms. The number of rotatable bonds is 7. The van der Waals surface area contributed by atoms with Crippen LogP contribution in [0.1, 0.15) is 30.7 Å². The lowest BCUT2D eigenvalue weighted by Crippen LogP contribution is -2.46. The fourth-order valence-corrected chi connectivity index (χ4v) is 4.95. The number of unbranched alkanes of at least 4 members (excludes halogenated alkanes) is 1. The Bertz CT molecular complexity index is 895. The Morgan fingerprint density at radius 1 is 1.20 bits per heavy atom. The molecule has 1 N–H and O–H groups in total. The summed E-state index contributed by atoms with van der Waals surface area (Å²) in [5.74, 6) is 0.565. The SMILES string of the molecule is CCCCOC(=O)C1CSC(c2ccccc2Cl)N1C(=O)Nc1ccccc1OC. The van der Waals surface area contributed by atoms with Crippen LogP contribution in [0.4, 0.5) is 10.5 Å². The number of halogens is 1. The molecule has 1 saturated heterocycles. The lowest BCUT2D eigenvalue weighted by atomic mass is 10.2. The fraction of sp³-hybridized carbons (Fsp3) is 0.364. The molecule has 1 fully saturated rings. The van der Waals surface area contributed by atoms with E-state index in [1.807, 2.05) is 31.2 Å². The molecule has 6 nitrogen and oxygen atoms in total. The highest BCUT2D eigenvalue weighted by atomic mass is 35.5. The summed E-state index contributed by atoms with van der Waals surface area (Å²) in [6, 6.07) is 13.4. The maximum Gasteiger partial charge on any atom is 0.329 e. The molecular formula is C22H25ClN2O4S. The minimum Gasteiger partial charge on any atom is -0.495 e. The Morgan fingerprint density at radius 2 is 1.93 bits per heavy atom. The van der Waals surface area contributed by atoms with Crippen molar-refractivity contribution < 1.29 is 19.1 Å². The van der Waals surface area contributed by atoms with Gasteiger partial charge in [0.1, 0.15) is 17.2 Å². The zero-order valence-corrected chi connectivity index (χ0v) is 18.5. The summed E-state index contributed by atoms with van der Waals surface area (Å²) >= 11 is 7.89. The smallest absolute Gasteiger partial charge is 0.329 e. The van der Waals surface area contributed by atoms with Crippen molar-refractivity contribution in [2.45, 2.75) is 31.2 Å². The van der Waals surface area contributed by atoms with Crippen molar-refractivity contribution in [3.05, 3.63) is 59.1 Å². The second-order valence-corrected chi connectivity index (χ2v) is 8.30. The third-order valence-electron chi connectivity index (χ3n) is 4.77. The number of ether oxygens (including phenoxy) is 2. The van der Waals surface area contributed by atoms with Crippen LogP contribution in [0.5, 0.6) is 5.75 Å². The largest absolute Gasteiger partial charge is 0.495 e. The van der Waals surface area contributed by atoms with Gasteiger partial charge in [0.05, 0.1) is 19.4 Å². The average Bonchev–Trinajstić information content (AvgIpc) is 3.19. The molecule has 1 aliphatic heterocycles. The first-order chi connectivity index (χ1) is 14.6. The number of hydrogen-bond acceptors (Lipinski definition) is 5. The summed E-state index contributed by atoms with van der Waals surface area (Å²) in [6.45, 7) is 2.37. The molecule has 1 aliphatic rings. The van der Waals surface area contributed by atoms with Crippen molar-refractivity contribution in [3.8, 4) is 5.75 Å². The van der Waals surface area contributed by atoms with Gasteiger partial charge in [0.15, 0.2) is 0 Å². The first-order valence-corrected chi connectivity index (χ1v) is 11.2. The van der Waals surface area contributed by atoms with Crippen LogP contribution in [0.15, 0.2) is 48.5 Å². The number of hydrogen-bond donors (Lipinski definition) is 1. The van der Waals surface area contributed by atoms with E-state index in [9.17, 15) is 9.59 Å². The topological polar surface area (TPSA) is 67.9 Å². The van der Waals surface area contributed by atoms with E-state index in [2.05, 4.69) is 5.32 Å². The highest BCUT2D eigenvalue weighted by molar-refractivity contribution is 7.99. The first-order valence-electron chi connectivity index (χ1n) is 9.81. The Labute approximate surface area is 185 Å². The van der Waals surface area contributed by atoms with Gasteiger partial charge in [-0.25, -0.2) is 9.59 Å². The number of carbonyl (C=O) groups is 2. The predicted molar refractivity (Wildman–Crippen MR) is 120 cm³/mol. The molecule has 30 heavy (non-hydrogen) atoms. The minimum atomic E-state index is -0.706. The maximum atomic E-state index is 13.3. The van der Waals surface area contributed by atoms with Gasteiger partial charge in [-0.15, -0.1) is 11.8 Å². The summed E-state index contributed by atoms with van der Waals surface area (Å²) in [7, 11) is 1.54. The average molecular weight is 449 g/mol. The molecule has 0 aliphatic carbocycles. The van der Waals surface area contributed by atoms with Crippen LogP contribution in [0.2, 0.25) is 5.02 Å². The lowest BCUT2D eigenvalue weighted by molar-refractivity contribution is -0.148. The standard InChI is InChI=1S/C22H25ClN2O4S/c1-3-4-13-29-21(26)18-14-30-20(15-9-5-6-10-16(15)23)25(18)22(27)24-17-11-7-8-12-19(17)28-2/h5-12,18,20H,3-4,13-14H2,1-2H3,(H,24,27). The van der Waals surface area contributed by atoms with E-state index in [4.69, 9.17) is 21.1 Å². The number of nitrogens with zero attached hydrogens (tertiary/aromatic N) is 1. The number of thioether (sulfide) groups is 1. The van der Waals surface area contributed by atoms with E-state index in [1.165, 1.54) is 23.8 Å². The molecule has 2 aromatic carbocycles. The summed E-state index contributed by atoms with van der Waals surface area (Å²) in [5, 5.41) is 3.01. The molecule has 2 unspecified atom stereocenters. The van der Waals surface area contributed by atoms with Crippen LogP contribution in [-0.4, -0.2) is 42.4 Å². The van der Waals surface area contributed by atoms with Crippen molar-refractivity contribution in [2.75, 3.05) is 24.8 Å². The zero-order valence-electron chi connectivity index (χ0n) is 17.0. The normalized spacial score (nSPS) is 18.2. The molecule has 0 spiro atoms. The van der Waals surface area contributed by atoms with Gasteiger partial charge >= 0.3 is 12.0 Å². The van der Waals surface area contributed by atoms with E-state index in [1.54, 1.807) is 24.3 Å². The number of anilines is 1. The molecule has 1 heterocycles. The third-order valence-corrected chi connectivity index (χ3v) is 6.42. The zero-order chi connectivity index (χ0) is 21.5. The molecule has 2 amide bonds. The Morgan fingerprint density at radius 3 is 2.67 bits per heavy atom. The molecule has 0 radical (unpaired) electrons. The Kier molecular flexibility index (Phi) is 7.87. The van der Waals surface area contributed by atoms with Crippen molar-refractivity contribution in [2.24, 2.45) is 0 Å². The number of amides is 2. The van der Waals surface area contributed by atoms with Crippen molar-refractivity contribution in [1.82, 2.24) is 4.90 Å². The molecule has 0 saturated carbocycles. The lowest BCUT2D eigenvalue weighted by Gasteiger charge is -2.29. The second-order valence-electron chi connectivity index (χ2n) is 6.78. The van der Waals surface area contributed by atoms with E-state index in [0.29, 0.717) is 28.8 Å². The van der Waals surface area contributed by atoms with Crippen molar-refractivity contribution in [1.29, 1.82) is 0 Å². The van der Waals surface area contributed by atoms with Crippen LogP contribution < -0.4 is 10.1 Å². The van der Waals surface area contributed by atoms with E-state index in [-0.39, 0.29) is 0 Å². The quantitative estimate of drug-likeness (QED) is 0.457. The van der Waals surface area contributed by atoms with Crippen molar-refractivity contribution in [3.63, 3.8) is 0 Å². The van der Waals surface area contributed by atoms with E-state index >= 15 is 0 Å². The van der Waals surface area contributed by atoms with Gasteiger partial charge in [-0.2, -0.15) is 0 Å². The van der Waals surface area contributed by atoms with Gasteiger partial charge in [0, 0.05) is 16.3 Å². The summed E-state index contributed by atoms with van der Waals surface area (Å²) in [4.78, 5) is 27.6. The molecular weight excluding hydrogens is 424 g/mol. The second kappa shape index (κ2) is 10.6. The van der Waals surface area contributed by atoms with Gasteiger partial charge in [0.2, 0.25) is 0 Å². The molecule has 2 atom stereocenters. The van der Waals surface area contributed by atoms with Gasteiger partial charge < -0.3 is 14.8 Å². The first kappa shape index (κ1) is 22.3. The van der Waals surface area contributed by atoms with Gasteiger partial charge in [-0.05, 0) is 24.6 Å². The number of methoxy groups -OCH3 is 1. The molecule has 0 aromatic heterocycles. The van der Waals surface area contributed by atoms with Crippen LogP contribution in [0.25, 0.3) is 0 Å². The van der Waals surface area contributed by atoms with Crippen LogP contribution in [-0.2, 0) is 9.53 Å². The molecule has 160 valence electrons. The molecule has 8 heteroatoms. The van der Waals surface area contributed by atoms with E-state index < -0.39 is 23.4 Å². The molecule has 2 aromatic rings. The number of carbonyl (C=O) groups excluding carboxylic acids is 2. The number of nitrogens with one attached hydrogen (secondary N) is 1.